The summed E-state index contributed by atoms with van der Waals surface area (Å²) in [6, 6.07) is 0. The molecular weight excluding hydrogens is 267 g/mol. The Bertz CT molecular complexity index is 442. The lowest BCUT2D eigenvalue weighted by atomic mass is 10.1. The number of halogens is 1. The van der Waals surface area contributed by atoms with Crippen LogP contribution in [-0.2, 0) is 14.0 Å². The van der Waals surface area contributed by atoms with Crippen LogP contribution >= 0.6 is 0 Å². The van der Waals surface area contributed by atoms with Crippen LogP contribution in [0, 0.1) is 11.8 Å². The number of hydrogen-bond acceptors (Lipinski definition) is 3. The molecule has 108 valence electrons. The molecule has 2 rings (SSSR count). The van der Waals surface area contributed by atoms with Crippen molar-refractivity contribution in [2.45, 2.75) is 57.1 Å². The molecule has 2 fully saturated rings. The lowest BCUT2D eigenvalue weighted by Crippen LogP contribution is -2.45. The highest BCUT2D eigenvalue weighted by molar-refractivity contribution is 6.74. The fourth-order valence-electron chi connectivity index (χ4n) is 2.70. The summed E-state index contributed by atoms with van der Waals surface area (Å²) in [5.74, 6) is -3.61. The van der Waals surface area contributed by atoms with Gasteiger partial charge in [-0.25, -0.2) is 9.18 Å². The number of hydrogen-bond donors (Lipinski definition) is 1. The minimum absolute atomic E-state index is 0.0504. The van der Waals surface area contributed by atoms with Gasteiger partial charge in [0.25, 0.3) is 0 Å². The molecule has 0 spiro atoms. The molecule has 2 aliphatic carbocycles. The SMILES string of the molecule is CC(C)(C)[Si](C)(C)OC1CC(=O)C2C1C2(F)C(=O)O. The van der Waals surface area contributed by atoms with Gasteiger partial charge in [0.05, 0.1) is 12.0 Å². The third-order valence-electron chi connectivity index (χ3n) is 4.92. The van der Waals surface area contributed by atoms with Crippen LogP contribution in [-0.4, -0.2) is 36.9 Å². The fourth-order valence-corrected chi connectivity index (χ4v) is 4.04. The number of carboxylic acids is 1. The molecule has 1 N–H and O–H groups in total. The molecule has 0 heterocycles. The van der Waals surface area contributed by atoms with E-state index in [-0.39, 0.29) is 17.2 Å². The summed E-state index contributed by atoms with van der Waals surface area (Å²) in [5.41, 5.74) is -2.39. The standard InChI is InChI=1S/C13H21FO4Si/c1-12(2,3)19(4,5)18-8-6-7(15)9-10(8)13(9,14)11(16)17/h8-10H,6H2,1-5H3,(H,16,17). The molecule has 2 saturated carbocycles. The van der Waals surface area contributed by atoms with E-state index in [4.69, 9.17) is 9.53 Å². The molecule has 4 unspecified atom stereocenters. The van der Waals surface area contributed by atoms with Gasteiger partial charge in [0, 0.05) is 12.3 Å². The molecule has 19 heavy (non-hydrogen) atoms. The van der Waals surface area contributed by atoms with Gasteiger partial charge in [-0.2, -0.15) is 0 Å². The molecule has 4 nitrogen and oxygen atoms in total. The second-order valence-corrected chi connectivity index (χ2v) is 11.9. The predicted molar refractivity (Wildman–Crippen MR) is 70.1 cm³/mol. The first-order chi connectivity index (χ1) is 8.43. The first kappa shape index (κ1) is 14.7. The van der Waals surface area contributed by atoms with Gasteiger partial charge in [0.1, 0.15) is 5.78 Å². The summed E-state index contributed by atoms with van der Waals surface area (Å²) in [4.78, 5) is 22.7. The van der Waals surface area contributed by atoms with Crippen molar-refractivity contribution in [1.29, 1.82) is 0 Å². The Hall–Kier alpha value is -0.753. The highest BCUT2D eigenvalue weighted by Gasteiger charge is 2.80. The van der Waals surface area contributed by atoms with E-state index in [2.05, 4.69) is 20.8 Å². The van der Waals surface area contributed by atoms with E-state index < -0.39 is 37.9 Å². The Kier molecular flexibility index (Phi) is 2.99. The largest absolute Gasteiger partial charge is 0.479 e. The van der Waals surface area contributed by atoms with E-state index in [1.807, 2.05) is 13.1 Å². The summed E-state index contributed by atoms with van der Waals surface area (Å²) >= 11 is 0. The van der Waals surface area contributed by atoms with Crippen LogP contribution < -0.4 is 0 Å². The Morgan fingerprint density at radius 1 is 1.47 bits per heavy atom. The molecule has 6 heteroatoms. The highest BCUT2D eigenvalue weighted by atomic mass is 28.4. The molecule has 0 aromatic carbocycles. The van der Waals surface area contributed by atoms with E-state index in [0.29, 0.717) is 0 Å². The maximum absolute atomic E-state index is 14.2. The minimum Gasteiger partial charge on any atom is -0.479 e. The molecule has 0 aromatic heterocycles. The first-order valence-corrected chi connectivity index (χ1v) is 9.46. The van der Waals surface area contributed by atoms with Crippen molar-refractivity contribution in [3.05, 3.63) is 0 Å². The lowest BCUT2D eigenvalue weighted by Gasteiger charge is -2.39. The smallest absolute Gasteiger partial charge is 0.342 e. The Morgan fingerprint density at radius 2 is 2.00 bits per heavy atom. The van der Waals surface area contributed by atoms with Crippen molar-refractivity contribution >= 4 is 20.1 Å². The molecule has 0 amide bonds. The number of rotatable bonds is 3. The average Bonchev–Trinajstić information content (AvgIpc) is 2.70. The number of carboxylic acid groups (broad SMARTS) is 1. The topological polar surface area (TPSA) is 63.6 Å². The molecule has 0 aliphatic heterocycles. The van der Waals surface area contributed by atoms with Crippen LogP contribution in [0.3, 0.4) is 0 Å². The van der Waals surface area contributed by atoms with Crippen molar-refractivity contribution in [2.24, 2.45) is 11.8 Å². The number of fused-ring (bicyclic) bond motifs is 1. The van der Waals surface area contributed by atoms with Crippen LogP contribution in [0.1, 0.15) is 27.2 Å². The monoisotopic (exact) mass is 288 g/mol. The minimum atomic E-state index is -2.39. The predicted octanol–water partition coefficient (Wildman–Crippen LogP) is 2.39. The number of ketones is 1. The zero-order chi connectivity index (χ0) is 14.8. The van der Waals surface area contributed by atoms with Crippen molar-refractivity contribution in [3.8, 4) is 0 Å². The third-order valence-corrected chi connectivity index (χ3v) is 9.42. The van der Waals surface area contributed by atoms with E-state index in [9.17, 15) is 14.0 Å². The van der Waals surface area contributed by atoms with E-state index in [0.717, 1.165) is 0 Å². The van der Waals surface area contributed by atoms with Gasteiger partial charge in [-0.3, -0.25) is 4.79 Å². The zero-order valence-corrected chi connectivity index (χ0v) is 13.0. The second kappa shape index (κ2) is 3.88. The molecule has 0 bridgehead atoms. The molecule has 0 saturated heterocycles. The van der Waals surface area contributed by atoms with E-state index in [1.54, 1.807) is 0 Å². The van der Waals surface area contributed by atoms with Gasteiger partial charge < -0.3 is 9.53 Å². The van der Waals surface area contributed by atoms with E-state index >= 15 is 0 Å². The van der Waals surface area contributed by atoms with Gasteiger partial charge >= 0.3 is 5.97 Å². The first-order valence-electron chi connectivity index (χ1n) is 6.56. The fraction of sp³-hybridized carbons (Fsp3) is 0.846. The maximum atomic E-state index is 14.2. The number of Topliss-reactive ketones (excluding diaryl/α,β-unsaturated/α-hetero) is 1. The van der Waals surface area contributed by atoms with Crippen LogP contribution in [0.25, 0.3) is 0 Å². The molecule has 2 aliphatic rings. The van der Waals surface area contributed by atoms with Crippen LogP contribution in [0.15, 0.2) is 0 Å². The molecule has 4 atom stereocenters. The number of aliphatic carboxylic acids is 1. The van der Waals surface area contributed by atoms with Crippen LogP contribution in [0.4, 0.5) is 4.39 Å². The van der Waals surface area contributed by atoms with Gasteiger partial charge in [-0.1, -0.05) is 20.8 Å². The lowest BCUT2D eigenvalue weighted by molar-refractivity contribution is -0.148. The van der Waals surface area contributed by atoms with Crippen molar-refractivity contribution in [1.82, 2.24) is 0 Å². The molecular formula is C13H21FO4Si. The summed E-state index contributed by atoms with van der Waals surface area (Å²) < 4.78 is 20.3. The van der Waals surface area contributed by atoms with E-state index in [1.165, 1.54) is 0 Å². The summed E-state index contributed by atoms with van der Waals surface area (Å²) in [5, 5.41) is 8.89. The number of carbonyl (C=O) groups is 2. The highest BCUT2D eigenvalue weighted by Crippen LogP contribution is 2.63. The van der Waals surface area contributed by atoms with Gasteiger partial charge in [-0.15, -0.1) is 0 Å². The van der Waals surface area contributed by atoms with Crippen molar-refractivity contribution < 1.29 is 23.5 Å². The van der Waals surface area contributed by atoms with Gasteiger partial charge in [0.2, 0.25) is 5.67 Å². The van der Waals surface area contributed by atoms with Gasteiger partial charge in [-0.05, 0) is 18.1 Å². The normalized spacial score (nSPS) is 38.2. The average molecular weight is 288 g/mol. The van der Waals surface area contributed by atoms with Gasteiger partial charge in [0.15, 0.2) is 8.32 Å². The maximum Gasteiger partial charge on any atom is 0.342 e. The second-order valence-electron chi connectivity index (χ2n) is 7.16. The number of alkyl halides is 1. The van der Waals surface area contributed by atoms with Crippen LogP contribution in [0.5, 0.6) is 0 Å². The Labute approximate surface area is 113 Å². The molecule has 0 aromatic rings. The third kappa shape index (κ3) is 1.96. The van der Waals surface area contributed by atoms with Crippen molar-refractivity contribution in [2.75, 3.05) is 0 Å². The molecule has 0 radical (unpaired) electrons. The van der Waals surface area contributed by atoms with Crippen molar-refractivity contribution in [3.63, 3.8) is 0 Å². The summed E-state index contributed by atoms with van der Waals surface area (Å²) in [6.45, 7) is 10.2. The zero-order valence-electron chi connectivity index (χ0n) is 12.0. The number of carbonyl (C=O) groups excluding carboxylic acids is 1. The summed E-state index contributed by atoms with van der Waals surface area (Å²) in [7, 11) is -2.12. The Morgan fingerprint density at radius 3 is 2.37 bits per heavy atom. The van der Waals surface area contributed by atoms with Crippen LogP contribution in [0.2, 0.25) is 18.1 Å². The quantitative estimate of drug-likeness (QED) is 0.810. The Balaban J connectivity index is 2.17. The summed E-state index contributed by atoms with van der Waals surface area (Å²) in [6.07, 6.45) is -0.416.